The highest BCUT2D eigenvalue weighted by Gasteiger charge is 2.20. The molecule has 0 spiro atoms. The molecule has 2 N–H and O–H groups in total. The maximum atomic E-state index is 13.3. The summed E-state index contributed by atoms with van der Waals surface area (Å²) in [6, 6.07) is 13.2. The lowest BCUT2D eigenvalue weighted by Gasteiger charge is -2.11. The van der Waals surface area contributed by atoms with Gasteiger partial charge in [0.25, 0.3) is 0 Å². The van der Waals surface area contributed by atoms with Crippen LogP contribution in [-0.2, 0) is 4.74 Å². The van der Waals surface area contributed by atoms with Crippen LogP contribution in [0.5, 0.6) is 0 Å². The SMILES string of the molecule is CC.COC(=O)c1ccc(-n2c(-c3cccnc3N)nc3ncc(-c4ccc(F)cn4)nc32)cc1. The molecule has 35 heavy (non-hydrogen) atoms. The van der Waals surface area contributed by atoms with Gasteiger partial charge in [-0.05, 0) is 48.5 Å². The van der Waals surface area contributed by atoms with Crippen molar-refractivity contribution in [2.24, 2.45) is 0 Å². The largest absolute Gasteiger partial charge is 0.465 e. The molecule has 4 heterocycles. The van der Waals surface area contributed by atoms with Gasteiger partial charge in [0.15, 0.2) is 17.1 Å². The van der Waals surface area contributed by atoms with Crippen molar-refractivity contribution in [3.8, 4) is 28.5 Å². The predicted octanol–water partition coefficient (Wildman–Crippen LogP) is 4.47. The fraction of sp³-hybridized carbons (Fsp3) is 0.120. The number of hydrogen-bond acceptors (Lipinski definition) is 8. The maximum Gasteiger partial charge on any atom is 0.337 e. The molecule has 0 radical (unpaired) electrons. The highest BCUT2D eigenvalue weighted by molar-refractivity contribution is 5.90. The van der Waals surface area contributed by atoms with Gasteiger partial charge in [-0.25, -0.2) is 29.1 Å². The Morgan fingerprint density at radius 1 is 0.943 bits per heavy atom. The number of nitrogens with two attached hydrogens (primary N) is 1. The number of nitrogens with zero attached hydrogens (tertiary/aromatic N) is 6. The van der Waals surface area contributed by atoms with Gasteiger partial charge in [-0.15, -0.1) is 0 Å². The van der Waals surface area contributed by atoms with Gasteiger partial charge in [-0.1, -0.05) is 13.8 Å². The molecular weight excluding hydrogens is 449 g/mol. The smallest absolute Gasteiger partial charge is 0.337 e. The molecule has 5 rings (SSSR count). The summed E-state index contributed by atoms with van der Waals surface area (Å²) in [4.78, 5) is 33.9. The Hall–Kier alpha value is -4.73. The normalized spacial score (nSPS) is 10.5. The summed E-state index contributed by atoms with van der Waals surface area (Å²) < 4.78 is 19.9. The van der Waals surface area contributed by atoms with Crippen molar-refractivity contribution >= 4 is 23.1 Å². The number of anilines is 1. The van der Waals surface area contributed by atoms with Crippen LogP contribution in [0.1, 0.15) is 24.2 Å². The van der Waals surface area contributed by atoms with Gasteiger partial charge in [0.1, 0.15) is 17.3 Å². The first-order valence-electron chi connectivity index (χ1n) is 10.8. The lowest BCUT2D eigenvalue weighted by atomic mass is 10.2. The maximum absolute atomic E-state index is 13.3. The zero-order valence-electron chi connectivity index (χ0n) is 19.3. The first kappa shape index (κ1) is 23.4. The lowest BCUT2D eigenvalue weighted by molar-refractivity contribution is 0.0600. The zero-order valence-corrected chi connectivity index (χ0v) is 19.3. The first-order chi connectivity index (χ1) is 17.0. The van der Waals surface area contributed by atoms with Crippen LogP contribution in [0, 0.1) is 5.82 Å². The number of imidazole rings is 1. The second-order valence-corrected chi connectivity index (χ2v) is 7.01. The number of nitrogen functional groups attached to an aromatic ring is 1. The number of ether oxygens (including phenoxy) is 1. The van der Waals surface area contributed by atoms with Crippen molar-refractivity contribution in [3.63, 3.8) is 0 Å². The highest BCUT2D eigenvalue weighted by atomic mass is 19.1. The number of halogens is 1. The summed E-state index contributed by atoms with van der Waals surface area (Å²) in [6.45, 7) is 4.00. The van der Waals surface area contributed by atoms with Crippen LogP contribution in [0.2, 0.25) is 0 Å². The minimum atomic E-state index is -0.446. The number of fused-ring (bicyclic) bond motifs is 1. The van der Waals surface area contributed by atoms with E-state index in [4.69, 9.17) is 15.5 Å². The molecule has 9 nitrogen and oxygen atoms in total. The lowest BCUT2D eigenvalue weighted by Crippen LogP contribution is -2.04. The molecule has 10 heteroatoms. The number of carbonyl (C=O) groups is 1. The third-order valence-electron chi connectivity index (χ3n) is 4.99. The summed E-state index contributed by atoms with van der Waals surface area (Å²) >= 11 is 0. The van der Waals surface area contributed by atoms with Crippen LogP contribution < -0.4 is 5.73 Å². The van der Waals surface area contributed by atoms with Gasteiger partial charge >= 0.3 is 5.97 Å². The van der Waals surface area contributed by atoms with Crippen molar-refractivity contribution < 1.29 is 13.9 Å². The number of hydrogen-bond donors (Lipinski definition) is 1. The van der Waals surface area contributed by atoms with Gasteiger partial charge in [0.2, 0.25) is 0 Å². The number of aromatic nitrogens is 6. The van der Waals surface area contributed by atoms with Crippen molar-refractivity contribution in [2.75, 3.05) is 12.8 Å². The van der Waals surface area contributed by atoms with Crippen molar-refractivity contribution in [1.82, 2.24) is 29.5 Å². The molecule has 0 atom stereocenters. The van der Waals surface area contributed by atoms with E-state index in [-0.39, 0.29) is 0 Å². The van der Waals surface area contributed by atoms with Gasteiger partial charge in [0.05, 0.1) is 36.3 Å². The molecule has 0 aliphatic rings. The average Bonchev–Trinajstić information content (AvgIpc) is 3.28. The number of benzene rings is 1. The Bertz CT molecular complexity index is 1480. The van der Waals surface area contributed by atoms with E-state index < -0.39 is 11.8 Å². The molecule has 0 saturated heterocycles. The second kappa shape index (κ2) is 10.0. The van der Waals surface area contributed by atoms with Gasteiger partial charge in [0, 0.05) is 11.9 Å². The van der Waals surface area contributed by atoms with E-state index in [1.165, 1.54) is 25.4 Å². The van der Waals surface area contributed by atoms with Crippen LogP contribution >= 0.6 is 0 Å². The van der Waals surface area contributed by atoms with Crippen LogP contribution in [0.15, 0.2) is 67.1 Å². The number of methoxy groups -OCH3 is 1. The molecule has 1 aromatic carbocycles. The van der Waals surface area contributed by atoms with E-state index in [2.05, 4.69) is 19.9 Å². The van der Waals surface area contributed by atoms with Crippen molar-refractivity contribution in [3.05, 3.63) is 78.5 Å². The molecule has 0 bridgehead atoms. The summed E-state index contributed by atoms with van der Waals surface area (Å²) in [5, 5.41) is 0. The van der Waals surface area contributed by atoms with E-state index >= 15 is 0 Å². The Labute approximate surface area is 200 Å². The molecule has 0 unspecified atom stereocenters. The van der Waals surface area contributed by atoms with Crippen molar-refractivity contribution in [1.29, 1.82) is 0 Å². The first-order valence-corrected chi connectivity index (χ1v) is 10.8. The Balaban J connectivity index is 0.00000141. The van der Waals surface area contributed by atoms with E-state index in [9.17, 15) is 9.18 Å². The summed E-state index contributed by atoms with van der Waals surface area (Å²) in [6.07, 6.45) is 4.23. The van der Waals surface area contributed by atoms with E-state index in [0.29, 0.717) is 51.1 Å². The Morgan fingerprint density at radius 3 is 2.37 bits per heavy atom. The monoisotopic (exact) mass is 471 g/mol. The molecular formula is C25H22FN7O2. The molecule has 0 saturated carbocycles. The second-order valence-electron chi connectivity index (χ2n) is 7.01. The summed E-state index contributed by atoms with van der Waals surface area (Å²) in [5.41, 5.74) is 9.50. The zero-order chi connectivity index (χ0) is 24.9. The topological polar surface area (TPSA) is 122 Å². The molecule has 0 amide bonds. The van der Waals surface area contributed by atoms with E-state index in [1.807, 2.05) is 13.8 Å². The van der Waals surface area contributed by atoms with Gasteiger partial charge in [-0.3, -0.25) is 9.55 Å². The molecule has 176 valence electrons. The number of pyridine rings is 2. The minimum Gasteiger partial charge on any atom is -0.465 e. The van der Waals surface area contributed by atoms with Crippen LogP contribution in [0.4, 0.5) is 10.2 Å². The minimum absolute atomic E-state index is 0.292. The number of esters is 1. The third-order valence-corrected chi connectivity index (χ3v) is 4.99. The predicted molar refractivity (Wildman–Crippen MR) is 130 cm³/mol. The fourth-order valence-corrected chi connectivity index (χ4v) is 3.40. The molecule has 0 aliphatic heterocycles. The van der Waals surface area contributed by atoms with Crippen LogP contribution in [-0.4, -0.2) is 42.6 Å². The number of rotatable bonds is 4. The van der Waals surface area contributed by atoms with Gasteiger partial charge < -0.3 is 10.5 Å². The summed E-state index contributed by atoms with van der Waals surface area (Å²) in [5.74, 6) is -0.123. The summed E-state index contributed by atoms with van der Waals surface area (Å²) in [7, 11) is 1.32. The molecule has 5 aromatic rings. The van der Waals surface area contributed by atoms with Gasteiger partial charge in [-0.2, -0.15) is 0 Å². The Kier molecular flexibility index (Phi) is 6.72. The van der Waals surface area contributed by atoms with Crippen LogP contribution in [0.25, 0.3) is 39.8 Å². The number of carbonyl (C=O) groups excluding carboxylic acids is 1. The van der Waals surface area contributed by atoms with E-state index in [1.54, 1.807) is 47.2 Å². The highest BCUT2D eigenvalue weighted by Crippen LogP contribution is 2.30. The fourth-order valence-electron chi connectivity index (χ4n) is 3.40. The molecule has 0 fully saturated rings. The van der Waals surface area contributed by atoms with Crippen molar-refractivity contribution in [2.45, 2.75) is 13.8 Å². The van der Waals surface area contributed by atoms with E-state index in [0.717, 1.165) is 6.20 Å². The Morgan fingerprint density at radius 2 is 1.71 bits per heavy atom. The molecule has 0 aliphatic carbocycles. The quantitative estimate of drug-likeness (QED) is 0.381. The molecule has 4 aromatic heterocycles. The third kappa shape index (κ3) is 4.54. The standard InChI is InChI=1S/C23H16FN7O2.C2H6/c1-33-23(32)13-4-7-15(8-5-13)31-21(16-3-2-10-26-19(16)25)30-20-22(31)29-18(12-28-20)17-9-6-14(24)11-27-17;1-2/h2-12H,1H3,(H2,25,26);1-2H3. The average molecular weight is 471 g/mol. The van der Waals surface area contributed by atoms with Crippen LogP contribution in [0.3, 0.4) is 0 Å².